The summed E-state index contributed by atoms with van der Waals surface area (Å²) in [6.07, 6.45) is 8.45. The minimum absolute atomic E-state index is 0.0283. The van der Waals surface area contributed by atoms with Crippen molar-refractivity contribution in [1.29, 1.82) is 0 Å². The Hall–Kier alpha value is -2.19. The van der Waals surface area contributed by atoms with Crippen LogP contribution in [-0.2, 0) is 23.9 Å². The van der Waals surface area contributed by atoms with Gasteiger partial charge in [-0.25, -0.2) is 0 Å². The van der Waals surface area contributed by atoms with E-state index in [1.54, 1.807) is 11.0 Å². The number of esters is 1. The van der Waals surface area contributed by atoms with Crippen molar-refractivity contribution in [3.8, 4) is 0 Å². The zero-order valence-corrected chi connectivity index (χ0v) is 19.7. The normalized spacial score (nSPS) is 29.8. The Bertz CT molecular complexity index is 755. The van der Waals surface area contributed by atoms with Crippen molar-refractivity contribution in [3.05, 3.63) is 25.3 Å². The van der Waals surface area contributed by atoms with Crippen molar-refractivity contribution in [2.75, 3.05) is 32.8 Å². The second-order valence-corrected chi connectivity index (χ2v) is 9.19. The summed E-state index contributed by atoms with van der Waals surface area (Å²) in [6, 6.07) is -0.852. The maximum atomic E-state index is 13.7. The minimum atomic E-state index is -1.05. The van der Waals surface area contributed by atoms with Crippen molar-refractivity contribution >= 4 is 17.8 Å². The molecule has 0 aliphatic carbocycles. The number of amides is 2. The molecule has 2 unspecified atom stereocenters. The van der Waals surface area contributed by atoms with Crippen LogP contribution in [0.5, 0.6) is 0 Å². The average Bonchev–Trinajstić information content (AvgIpc) is 3.44. The molecule has 1 N–H and O–H groups in total. The Morgan fingerprint density at radius 2 is 2.09 bits per heavy atom. The maximum Gasteiger partial charge on any atom is 0.312 e. The molecular formula is C25H38N2O6. The van der Waals surface area contributed by atoms with Crippen LogP contribution in [-0.4, -0.2) is 83.3 Å². The maximum absolute atomic E-state index is 13.7. The number of aliphatic hydroxyl groups is 1. The van der Waals surface area contributed by atoms with E-state index >= 15 is 0 Å². The number of aliphatic hydroxyl groups excluding tert-OH is 1. The molecule has 0 aromatic heterocycles. The van der Waals surface area contributed by atoms with E-state index in [0.717, 1.165) is 32.1 Å². The second-order valence-electron chi connectivity index (χ2n) is 9.19. The van der Waals surface area contributed by atoms with Gasteiger partial charge in [-0.1, -0.05) is 25.5 Å². The van der Waals surface area contributed by atoms with Gasteiger partial charge in [0.05, 0.1) is 31.2 Å². The smallest absolute Gasteiger partial charge is 0.312 e. The van der Waals surface area contributed by atoms with Gasteiger partial charge in [0.15, 0.2) is 0 Å². The van der Waals surface area contributed by atoms with Gasteiger partial charge in [0.1, 0.15) is 11.6 Å². The Morgan fingerprint density at radius 1 is 1.30 bits per heavy atom. The molecule has 0 saturated carbocycles. The number of ether oxygens (including phenoxy) is 2. The summed E-state index contributed by atoms with van der Waals surface area (Å²) < 4.78 is 11.9. The molecule has 8 heteroatoms. The number of unbranched alkanes of at least 4 members (excludes halogenated alkanes) is 3. The number of allylic oxidation sites excluding steroid dienone is 1. The number of carbonyl (C=O) groups is 3. The van der Waals surface area contributed by atoms with E-state index in [1.807, 2.05) is 6.08 Å². The quantitative estimate of drug-likeness (QED) is 0.241. The molecule has 1 spiro atoms. The van der Waals surface area contributed by atoms with Gasteiger partial charge in [0.25, 0.3) is 0 Å². The van der Waals surface area contributed by atoms with Crippen LogP contribution < -0.4 is 0 Å². The van der Waals surface area contributed by atoms with Crippen molar-refractivity contribution < 1.29 is 29.0 Å². The van der Waals surface area contributed by atoms with Crippen LogP contribution in [0.1, 0.15) is 51.9 Å². The zero-order valence-electron chi connectivity index (χ0n) is 19.7. The average molecular weight is 463 g/mol. The van der Waals surface area contributed by atoms with Gasteiger partial charge < -0.3 is 24.4 Å². The first kappa shape index (κ1) is 25.4. The molecule has 0 aromatic carbocycles. The van der Waals surface area contributed by atoms with Gasteiger partial charge in [0.2, 0.25) is 11.8 Å². The lowest BCUT2D eigenvalue weighted by Gasteiger charge is -2.36. The van der Waals surface area contributed by atoms with Crippen molar-refractivity contribution in [3.63, 3.8) is 0 Å². The second kappa shape index (κ2) is 11.3. The first-order valence-corrected chi connectivity index (χ1v) is 12.2. The Kier molecular flexibility index (Phi) is 8.70. The van der Waals surface area contributed by atoms with E-state index < -0.39 is 35.6 Å². The number of hydrogen-bond donors (Lipinski definition) is 1. The minimum Gasteiger partial charge on any atom is -0.465 e. The summed E-state index contributed by atoms with van der Waals surface area (Å²) in [7, 11) is 0. The zero-order chi connectivity index (χ0) is 24.0. The largest absolute Gasteiger partial charge is 0.465 e. The van der Waals surface area contributed by atoms with Gasteiger partial charge >= 0.3 is 5.97 Å². The van der Waals surface area contributed by atoms with Crippen molar-refractivity contribution in [2.45, 2.75) is 69.6 Å². The highest BCUT2D eigenvalue weighted by atomic mass is 16.6. The van der Waals surface area contributed by atoms with Crippen LogP contribution in [0.2, 0.25) is 0 Å². The molecule has 3 heterocycles. The van der Waals surface area contributed by atoms with Crippen molar-refractivity contribution in [2.24, 2.45) is 11.8 Å². The number of fused-ring (bicyclic) bond motifs is 1. The molecule has 0 aromatic rings. The predicted octanol–water partition coefficient (Wildman–Crippen LogP) is 2.07. The third-order valence-corrected chi connectivity index (χ3v) is 7.14. The fraction of sp³-hybridized carbons (Fsp3) is 0.720. The molecule has 3 aliphatic heterocycles. The topological polar surface area (TPSA) is 96.4 Å². The highest BCUT2D eigenvalue weighted by molar-refractivity contribution is 5.98. The molecule has 3 saturated heterocycles. The highest BCUT2D eigenvalue weighted by Gasteiger charge is 2.75. The number of β-amino-alcohol motifs (C(OH)–C–C–N with tert-alkyl or cyclic N) is 1. The third-order valence-electron chi connectivity index (χ3n) is 7.14. The molecule has 3 rings (SSSR count). The van der Waals surface area contributed by atoms with Crippen LogP contribution in [0.15, 0.2) is 25.3 Å². The molecular weight excluding hydrogens is 424 g/mol. The van der Waals surface area contributed by atoms with Gasteiger partial charge in [-0.15, -0.1) is 13.2 Å². The van der Waals surface area contributed by atoms with E-state index in [1.165, 1.54) is 4.90 Å². The predicted molar refractivity (Wildman–Crippen MR) is 123 cm³/mol. The molecule has 33 heavy (non-hydrogen) atoms. The lowest BCUT2D eigenvalue weighted by Crippen LogP contribution is -2.56. The molecule has 2 amide bonds. The molecule has 5 atom stereocenters. The van der Waals surface area contributed by atoms with Gasteiger partial charge in [0, 0.05) is 19.6 Å². The van der Waals surface area contributed by atoms with E-state index in [-0.39, 0.29) is 31.6 Å². The van der Waals surface area contributed by atoms with E-state index in [9.17, 15) is 19.5 Å². The molecule has 2 bridgehead atoms. The van der Waals surface area contributed by atoms with Crippen LogP contribution >= 0.6 is 0 Å². The summed E-state index contributed by atoms with van der Waals surface area (Å²) in [4.78, 5) is 43.4. The summed E-state index contributed by atoms with van der Waals surface area (Å²) in [5.74, 6) is -2.40. The summed E-state index contributed by atoms with van der Waals surface area (Å²) in [6.45, 7) is 10.5. The summed E-state index contributed by atoms with van der Waals surface area (Å²) in [5, 5.41) is 9.65. The standard InChI is InChI=1S/C25H38N2O6/c1-4-7-9-10-17-32-24(31)19-18-11-12-25(33-18)20(19)22(29)27(15-16-28)21(25)23(30)26(13-6-3)14-8-5-2/h4,6,18-21,28H,1,3,5,7-17H2,2H3/t18-,19+,20+,21?,25?/m1/s1. The first-order chi connectivity index (χ1) is 16.0. The molecule has 0 radical (unpaired) electrons. The van der Waals surface area contributed by atoms with Crippen LogP contribution in [0, 0.1) is 11.8 Å². The van der Waals surface area contributed by atoms with Gasteiger partial charge in [-0.05, 0) is 38.5 Å². The van der Waals surface area contributed by atoms with Crippen LogP contribution in [0.3, 0.4) is 0 Å². The van der Waals surface area contributed by atoms with E-state index in [0.29, 0.717) is 25.9 Å². The Labute approximate surface area is 196 Å². The fourth-order valence-corrected chi connectivity index (χ4v) is 5.68. The molecule has 3 fully saturated rings. The molecule has 184 valence electrons. The monoisotopic (exact) mass is 462 g/mol. The van der Waals surface area contributed by atoms with E-state index in [2.05, 4.69) is 20.1 Å². The Balaban J connectivity index is 1.84. The van der Waals surface area contributed by atoms with Crippen molar-refractivity contribution in [1.82, 2.24) is 9.80 Å². The lowest BCUT2D eigenvalue weighted by atomic mass is 9.70. The Morgan fingerprint density at radius 3 is 2.76 bits per heavy atom. The fourth-order valence-electron chi connectivity index (χ4n) is 5.68. The number of rotatable bonds is 14. The number of hydrogen-bond acceptors (Lipinski definition) is 6. The van der Waals surface area contributed by atoms with Gasteiger partial charge in [-0.3, -0.25) is 14.4 Å². The molecule has 8 nitrogen and oxygen atoms in total. The number of likely N-dealkylation sites (tertiary alicyclic amines) is 1. The summed E-state index contributed by atoms with van der Waals surface area (Å²) >= 11 is 0. The number of nitrogens with zero attached hydrogens (tertiary/aromatic N) is 2. The molecule has 3 aliphatic rings. The highest BCUT2D eigenvalue weighted by Crippen LogP contribution is 2.58. The first-order valence-electron chi connectivity index (χ1n) is 12.2. The van der Waals surface area contributed by atoms with Crippen LogP contribution in [0.4, 0.5) is 0 Å². The SMILES string of the molecule is C=CCCCCOC(=O)[C@@H]1[C@H]2C(=O)N(CCO)C(C(=O)N(CC=C)CCCC)C23CC[C@H]1O3. The lowest BCUT2D eigenvalue weighted by molar-refractivity contribution is -0.155. The number of carbonyl (C=O) groups excluding carboxylic acids is 3. The van der Waals surface area contributed by atoms with Gasteiger partial charge in [-0.2, -0.15) is 0 Å². The van der Waals surface area contributed by atoms with Crippen LogP contribution in [0.25, 0.3) is 0 Å². The van der Waals surface area contributed by atoms with E-state index in [4.69, 9.17) is 9.47 Å². The summed E-state index contributed by atoms with van der Waals surface area (Å²) in [5.41, 5.74) is -1.05. The third kappa shape index (κ3) is 4.73.